The number of rotatable bonds is 7. The second-order valence-electron chi connectivity index (χ2n) is 5.80. The first-order valence-electron chi connectivity index (χ1n) is 8.27. The summed E-state index contributed by atoms with van der Waals surface area (Å²) >= 11 is 1.16. The van der Waals surface area contributed by atoms with Gasteiger partial charge in [0.25, 0.3) is 0 Å². The highest BCUT2D eigenvalue weighted by Crippen LogP contribution is 2.26. The predicted molar refractivity (Wildman–Crippen MR) is 93.9 cm³/mol. The van der Waals surface area contributed by atoms with E-state index in [2.05, 4.69) is 25.2 Å². The lowest BCUT2D eigenvalue weighted by molar-refractivity contribution is -0.115. The maximum Gasteiger partial charge on any atom is 0.230 e. The standard InChI is InChI=1S/C16H20FN5O3S/c1-3-12(23)20-16-21-15(17)11(26-16)8-22-5-4-10(7-22)25-14-6-13(24-2)18-9-19-14/h6,9-10H,3-5,7-8H2,1-2H3,(H,20,21,23). The minimum atomic E-state index is -0.536. The van der Waals surface area contributed by atoms with Crippen molar-refractivity contribution in [1.29, 1.82) is 0 Å². The largest absolute Gasteiger partial charge is 0.481 e. The van der Waals surface area contributed by atoms with Crippen LogP contribution in [0.1, 0.15) is 24.6 Å². The van der Waals surface area contributed by atoms with E-state index in [1.54, 1.807) is 13.0 Å². The number of carbonyl (C=O) groups is 1. The van der Waals surface area contributed by atoms with Gasteiger partial charge >= 0.3 is 0 Å². The Morgan fingerprint density at radius 3 is 3.04 bits per heavy atom. The Kier molecular flexibility index (Phi) is 5.94. The van der Waals surface area contributed by atoms with Gasteiger partial charge in [0.15, 0.2) is 5.13 Å². The average Bonchev–Trinajstić information content (AvgIpc) is 3.21. The van der Waals surface area contributed by atoms with Crippen LogP contribution in [0.4, 0.5) is 9.52 Å². The van der Waals surface area contributed by atoms with Crippen LogP contribution in [0.15, 0.2) is 12.4 Å². The van der Waals surface area contributed by atoms with Crippen molar-refractivity contribution in [3.8, 4) is 11.8 Å². The molecule has 10 heteroatoms. The van der Waals surface area contributed by atoms with Gasteiger partial charge in [-0.05, 0) is 6.42 Å². The molecule has 1 atom stereocenters. The van der Waals surface area contributed by atoms with Gasteiger partial charge < -0.3 is 14.8 Å². The minimum absolute atomic E-state index is 0.0372. The number of thiazole rings is 1. The number of likely N-dealkylation sites (tertiary alicyclic amines) is 1. The van der Waals surface area contributed by atoms with E-state index in [1.807, 2.05) is 0 Å². The van der Waals surface area contributed by atoms with E-state index in [9.17, 15) is 9.18 Å². The molecule has 140 valence electrons. The van der Waals surface area contributed by atoms with Gasteiger partial charge in [0, 0.05) is 26.1 Å². The van der Waals surface area contributed by atoms with Crippen LogP contribution < -0.4 is 14.8 Å². The molecule has 1 amide bonds. The zero-order valence-corrected chi connectivity index (χ0v) is 15.4. The smallest absolute Gasteiger partial charge is 0.230 e. The van der Waals surface area contributed by atoms with E-state index in [4.69, 9.17) is 9.47 Å². The molecule has 26 heavy (non-hydrogen) atoms. The molecule has 0 bridgehead atoms. The van der Waals surface area contributed by atoms with Gasteiger partial charge in [-0.2, -0.15) is 9.37 Å². The number of nitrogens with one attached hydrogen (secondary N) is 1. The molecule has 0 aliphatic carbocycles. The molecule has 1 aliphatic rings. The Labute approximate surface area is 154 Å². The molecule has 2 aromatic heterocycles. The highest BCUT2D eigenvalue weighted by Gasteiger charge is 2.26. The number of hydrogen-bond donors (Lipinski definition) is 1. The Balaban J connectivity index is 1.55. The SMILES string of the molecule is CCC(=O)Nc1nc(F)c(CN2CCC(Oc3cc(OC)ncn3)C2)s1. The van der Waals surface area contributed by atoms with Gasteiger partial charge in [-0.1, -0.05) is 18.3 Å². The Bertz CT molecular complexity index is 772. The van der Waals surface area contributed by atoms with E-state index in [1.165, 1.54) is 13.4 Å². The van der Waals surface area contributed by atoms with Crippen molar-refractivity contribution in [2.45, 2.75) is 32.4 Å². The lowest BCUT2D eigenvalue weighted by Gasteiger charge is -2.15. The third kappa shape index (κ3) is 4.64. The van der Waals surface area contributed by atoms with E-state index in [0.717, 1.165) is 24.3 Å². The predicted octanol–water partition coefficient (Wildman–Crippen LogP) is 2.08. The third-order valence-electron chi connectivity index (χ3n) is 3.93. The lowest BCUT2D eigenvalue weighted by Crippen LogP contribution is -2.24. The van der Waals surface area contributed by atoms with Crippen LogP contribution in [0.2, 0.25) is 0 Å². The molecule has 8 nitrogen and oxygen atoms in total. The van der Waals surface area contributed by atoms with E-state index >= 15 is 0 Å². The molecule has 1 saturated heterocycles. The van der Waals surface area contributed by atoms with Crippen LogP contribution in [0.5, 0.6) is 11.8 Å². The van der Waals surface area contributed by atoms with Crippen molar-refractivity contribution >= 4 is 22.4 Å². The molecule has 3 rings (SSSR count). The summed E-state index contributed by atoms with van der Waals surface area (Å²) in [6, 6.07) is 1.63. The van der Waals surface area contributed by atoms with Gasteiger partial charge in [-0.15, -0.1) is 0 Å². The summed E-state index contributed by atoms with van der Waals surface area (Å²) in [5.74, 6) is 0.182. The van der Waals surface area contributed by atoms with Crippen molar-refractivity contribution in [2.24, 2.45) is 0 Å². The van der Waals surface area contributed by atoms with Crippen molar-refractivity contribution in [2.75, 3.05) is 25.5 Å². The maximum absolute atomic E-state index is 14.0. The highest BCUT2D eigenvalue weighted by atomic mass is 32.1. The van der Waals surface area contributed by atoms with Crippen molar-refractivity contribution in [3.05, 3.63) is 23.2 Å². The molecule has 1 aliphatic heterocycles. The zero-order valence-electron chi connectivity index (χ0n) is 14.6. The van der Waals surface area contributed by atoms with Crippen LogP contribution >= 0.6 is 11.3 Å². The van der Waals surface area contributed by atoms with Crippen molar-refractivity contribution in [3.63, 3.8) is 0 Å². The minimum Gasteiger partial charge on any atom is -0.481 e. The van der Waals surface area contributed by atoms with Gasteiger partial charge in [0.1, 0.15) is 12.4 Å². The normalized spacial score (nSPS) is 17.3. The molecule has 3 heterocycles. The van der Waals surface area contributed by atoms with Crippen molar-refractivity contribution in [1.82, 2.24) is 19.9 Å². The molecule has 1 unspecified atom stereocenters. The molecule has 1 fully saturated rings. The third-order valence-corrected chi connectivity index (χ3v) is 4.86. The van der Waals surface area contributed by atoms with Crippen LogP contribution in [-0.2, 0) is 11.3 Å². The summed E-state index contributed by atoms with van der Waals surface area (Å²) in [6.45, 7) is 3.59. The van der Waals surface area contributed by atoms with Crippen LogP contribution in [-0.4, -0.2) is 52.1 Å². The molecular formula is C16H20FN5O3S. The Morgan fingerprint density at radius 1 is 1.46 bits per heavy atom. The first kappa shape index (κ1) is 18.5. The summed E-state index contributed by atoms with van der Waals surface area (Å²) in [7, 11) is 1.53. The highest BCUT2D eigenvalue weighted by molar-refractivity contribution is 7.15. The van der Waals surface area contributed by atoms with Crippen LogP contribution in [0.3, 0.4) is 0 Å². The van der Waals surface area contributed by atoms with E-state index < -0.39 is 5.95 Å². The molecule has 2 aromatic rings. The van der Waals surface area contributed by atoms with Gasteiger partial charge in [-0.25, -0.2) is 9.97 Å². The quantitative estimate of drug-likeness (QED) is 0.785. The summed E-state index contributed by atoms with van der Waals surface area (Å²) in [6.07, 6.45) is 2.49. The number of nitrogens with zero attached hydrogens (tertiary/aromatic N) is 4. The number of aromatic nitrogens is 3. The second-order valence-corrected chi connectivity index (χ2v) is 6.88. The Morgan fingerprint density at radius 2 is 2.27 bits per heavy atom. The van der Waals surface area contributed by atoms with Gasteiger partial charge in [0.05, 0.1) is 18.1 Å². The number of methoxy groups -OCH3 is 1. The molecule has 0 aromatic carbocycles. The van der Waals surface area contributed by atoms with E-state index in [-0.39, 0.29) is 12.0 Å². The number of halogens is 1. The number of anilines is 1. The fourth-order valence-corrected chi connectivity index (χ4v) is 3.50. The zero-order chi connectivity index (χ0) is 18.5. The molecule has 0 spiro atoms. The fourth-order valence-electron chi connectivity index (χ4n) is 2.60. The fraction of sp³-hybridized carbons (Fsp3) is 0.500. The maximum atomic E-state index is 14.0. The number of hydrogen-bond acceptors (Lipinski definition) is 8. The molecule has 0 radical (unpaired) electrons. The average molecular weight is 381 g/mol. The second kappa shape index (κ2) is 8.37. The summed E-state index contributed by atoms with van der Waals surface area (Å²) in [5.41, 5.74) is 0. The van der Waals surface area contributed by atoms with E-state index in [0.29, 0.717) is 41.3 Å². The lowest BCUT2D eigenvalue weighted by atomic mass is 10.3. The number of amides is 1. The first-order valence-corrected chi connectivity index (χ1v) is 9.09. The Hall–Kier alpha value is -2.33. The monoisotopic (exact) mass is 381 g/mol. The topological polar surface area (TPSA) is 89.5 Å². The molecule has 1 N–H and O–H groups in total. The summed E-state index contributed by atoms with van der Waals surface area (Å²) in [5, 5.41) is 2.88. The molecular weight excluding hydrogens is 361 g/mol. The molecule has 0 saturated carbocycles. The number of ether oxygens (including phenoxy) is 2. The van der Waals surface area contributed by atoms with Crippen molar-refractivity contribution < 1.29 is 18.7 Å². The summed E-state index contributed by atoms with van der Waals surface area (Å²) in [4.78, 5) is 25.8. The van der Waals surface area contributed by atoms with Crippen LogP contribution in [0.25, 0.3) is 0 Å². The van der Waals surface area contributed by atoms with Gasteiger partial charge in [0.2, 0.25) is 23.6 Å². The number of carbonyl (C=O) groups excluding carboxylic acids is 1. The van der Waals surface area contributed by atoms with Crippen LogP contribution in [0, 0.1) is 5.95 Å². The summed E-state index contributed by atoms with van der Waals surface area (Å²) < 4.78 is 24.9. The first-order chi connectivity index (χ1) is 12.6. The van der Waals surface area contributed by atoms with Gasteiger partial charge in [-0.3, -0.25) is 9.69 Å².